The fourth-order valence-electron chi connectivity index (χ4n) is 1.34. The molecule has 0 radical (unpaired) electrons. The molecule has 0 bridgehead atoms. The van der Waals surface area contributed by atoms with Crippen LogP contribution in [0.15, 0.2) is 25.6 Å². The maximum Gasteiger partial charge on any atom is 0.326 e. The normalized spacial score (nSPS) is 11.6. The van der Waals surface area contributed by atoms with Crippen molar-refractivity contribution in [1.29, 1.82) is 0 Å². The lowest BCUT2D eigenvalue weighted by molar-refractivity contribution is -0.145. The van der Waals surface area contributed by atoms with Crippen LogP contribution in [0.1, 0.15) is 6.42 Å². The summed E-state index contributed by atoms with van der Waals surface area (Å²) in [5.41, 5.74) is 0.384. The van der Waals surface area contributed by atoms with Gasteiger partial charge in [0.25, 0.3) is 0 Å². The number of urea groups is 1. The number of carboxylic acids is 2. The van der Waals surface area contributed by atoms with Crippen LogP contribution in [-0.4, -0.2) is 34.2 Å². The van der Waals surface area contributed by atoms with E-state index < -0.39 is 30.4 Å². The molecular weight excluding hydrogens is 480 g/mol. The number of carbonyl (C=O) groups is 3. The highest BCUT2D eigenvalue weighted by Gasteiger charge is 2.23. The zero-order chi connectivity index (χ0) is 16.2. The number of halogens is 3. The quantitative estimate of drug-likeness (QED) is 0.508. The lowest BCUT2D eigenvalue weighted by Crippen LogP contribution is -2.44. The smallest absolute Gasteiger partial charge is 0.326 e. The number of carboxylic acid groups (broad SMARTS) is 2. The van der Waals surface area contributed by atoms with Crippen molar-refractivity contribution in [2.45, 2.75) is 12.5 Å². The van der Waals surface area contributed by atoms with E-state index in [1.54, 1.807) is 12.1 Å². The minimum Gasteiger partial charge on any atom is -0.481 e. The molecule has 0 saturated heterocycles. The van der Waals surface area contributed by atoms with Gasteiger partial charge in [-0.25, -0.2) is 9.59 Å². The largest absolute Gasteiger partial charge is 0.481 e. The Labute approximate surface area is 144 Å². The topological polar surface area (TPSA) is 116 Å². The van der Waals surface area contributed by atoms with Gasteiger partial charge in [0.15, 0.2) is 0 Å². The van der Waals surface area contributed by atoms with E-state index in [-0.39, 0.29) is 0 Å². The van der Waals surface area contributed by atoms with Crippen LogP contribution in [0.4, 0.5) is 10.5 Å². The van der Waals surface area contributed by atoms with E-state index in [0.29, 0.717) is 14.6 Å². The molecular formula is C11H9Br3N2O5. The van der Waals surface area contributed by atoms with Gasteiger partial charge in [-0.05, 0) is 44.0 Å². The molecule has 1 rings (SSSR count). The van der Waals surface area contributed by atoms with Gasteiger partial charge in [-0.3, -0.25) is 4.79 Å². The third kappa shape index (κ3) is 5.64. The third-order valence-corrected chi connectivity index (χ3v) is 3.94. The summed E-state index contributed by atoms with van der Waals surface area (Å²) in [6.45, 7) is 0. The van der Waals surface area contributed by atoms with Gasteiger partial charge in [0.1, 0.15) is 6.04 Å². The van der Waals surface area contributed by atoms with Gasteiger partial charge in [0.05, 0.1) is 12.1 Å². The van der Waals surface area contributed by atoms with Crippen LogP contribution in [0, 0.1) is 0 Å². The maximum atomic E-state index is 11.8. The number of hydrogen-bond acceptors (Lipinski definition) is 3. The number of anilines is 1. The van der Waals surface area contributed by atoms with E-state index in [2.05, 4.69) is 58.4 Å². The molecule has 2 amide bonds. The van der Waals surface area contributed by atoms with Gasteiger partial charge in [-0.2, -0.15) is 0 Å². The molecule has 10 heteroatoms. The highest BCUT2D eigenvalue weighted by Crippen LogP contribution is 2.34. The second-order valence-corrected chi connectivity index (χ2v) is 6.46. The fourth-order valence-corrected chi connectivity index (χ4v) is 3.80. The summed E-state index contributed by atoms with van der Waals surface area (Å²) in [6.07, 6.45) is -0.717. The maximum absolute atomic E-state index is 11.8. The minimum absolute atomic E-state index is 0.384. The molecule has 0 aliphatic rings. The van der Waals surface area contributed by atoms with Crippen LogP contribution in [0.2, 0.25) is 0 Å². The number of aliphatic carboxylic acids is 2. The summed E-state index contributed by atoms with van der Waals surface area (Å²) in [5, 5.41) is 22.0. The number of rotatable bonds is 5. The fraction of sp³-hybridized carbons (Fsp3) is 0.182. The highest BCUT2D eigenvalue weighted by molar-refractivity contribution is 9.11. The Hall–Kier alpha value is -1.13. The lowest BCUT2D eigenvalue weighted by atomic mass is 10.2. The molecule has 0 spiro atoms. The summed E-state index contributed by atoms with van der Waals surface area (Å²) in [7, 11) is 0. The molecule has 1 aromatic carbocycles. The average molecular weight is 489 g/mol. The van der Waals surface area contributed by atoms with Crippen molar-refractivity contribution < 1.29 is 24.6 Å². The SMILES string of the molecule is O=C(O)C[C@H](NC(=O)Nc1c(Br)cc(Br)cc1Br)C(=O)O. The van der Waals surface area contributed by atoms with E-state index in [4.69, 9.17) is 10.2 Å². The Balaban J connectivity index is 2.82. The monoisotopic (exact) mass is 486 g/mol. The first-order chi connectivity index (χ1) is 9.70. The molecule has 4 N–H and O–H groups in total. The molecule has 114 valence electrons. The average Bonchev–Trinajstić information content (AvgIpc) is 2.32. The number of amides is 2. The highest BCUT2D eigenvalue weighted by atomic mass is 79.9. The van der Waals surface area contributed by atoms with Gasteiger partial charge >= 0.3 is 18.0 Å². The van der Waals surface area contributed by atoms with Crippen molar-refractivity contribution in [3.05, 3.63) is 25.6 Å². The minimum atomic E-state index is -1.52. The Morgan fingerprint density at radius 1 is 1.10 bits per heavy atom. The molecule has 0 heterocycles. The van der Waals surface area contributed by atoms with Crippen molar-refractivity contribution in [1.82, 2.24) is 5.32 Å². The molecule has 1 atom stereocenters. The summed E-state index contributed by atoms with van der Waals surface area (Å²) in [6, 6.07) is 1.03. The first kappa shape index (κ1) is 17.9. The van der Waals surface area contributed by atoms with E-state index in [9.17, 15) is 14.4 Å². The van der Waals surface area contributed by atoms with Crippen LogP contribution in [-0.2, 0) is 9.59 Å². The molecule has 0 aliphatic heterocycles. The van der Waals surface area contributed by atoms with Crippen LogP contribution in [0.5, 0.6) is 0 Å². The molecule has 0 unspecified atom stereocenters. The van der Waals surface area contributed by atoms with Gasteiger partial charge in [-0.15, -0.1) is 0 Å². The second-order valence-electron chi connectivity index (χ2n) is 3.83. The molecule has 0 saturated carbocycles. The summed E-state index contributed by atoms with van der Waals surface area (Å²) in [5.74, 6) is -2.75. The predicted molar refractivity (Wildman–Crippen MR) is 85.4 cm³/mol. The van der Waals surface area contributed by atoms with Crippen molar-refractivity contribution in [2.75, 3.05) is 5.32 Å². The second kappa shape index (κ2) is 7.76. The van der Waals surface area contributed by atoms with Crippen molar-refractivity contribution >= 4 is 71.4 Å². The molecule has 7 nitrogen and oxygen atoms in total. The van der Waals surface area contributed by atoms with E-state index >= 15 is 0 Å². The van der Waals surface area contributed by atoms with Gasteiger partial charge in [0.2, 0.25) is 0 Å². The van der Waals surface area contributed by atoms with Crippen molar-refractivity contribution in [3.8, 4) is 0 Å². The van der Waals surface area contributed by atoms with E-state index in [1.807, 2.05) is 0 Å². The Bertz CT molecular complexity index is 570. The number of nitrogens with one attached hydrogen (secondary N) is 2. The zero-order valence-corrected chi connectivity index (χ0v) is 15.0. The van der Waals surface area contributed by atoms with Crippen molar-refractivity contribution in [2.24, 2.45) is 0 Å². The lowest BCUT2D eigenvalue weighted by Gasteiger charge is -2.15. The summed E-state index contributed by atoms with van der Waals surface area (Å²) < 4.78 is 1.88. The van der Waals surface area contributed by atoms with Crippen LogP contribution >= 0.6 is 47.8 Å². The van der Waals surface area contributed by atoms with E-state index in [1.165, 1.54) is 0 Å². The van der Waals surface area contributed by atoms with Crippen LogP contribution in [0.25, 0.3) is 0 Å². The summed E-state index contributed by atoms with van der Waals surface area (Å²) >= 11 is 9.77. The standard InChI is InChI=1S/C11H9Br3N2O5/c12-4-1-5(13)9(6(14)2-4)16-11(21)15-7(10(19)20)3-8(17)18/h1-2,7H,3H2,(H,17,18)(H,19,20)(H2,15,16,21)/t7-/m0/s1. The number of carbonyl (C=O) groups excluding carboxylic acids is 1. The van der Waals surface area contributed by atoms with Crippen LogP contribution < -0.4 is 10.6 Å². The van der Waals surface area contributed by atoms with Crippen molar-refractivity contribution in [3.63, 3.8) is 0 Å². The number of benzene rings is 1. The predicted octanol–water partition coefficient (Wildman–Crippen LogP) is 3.02. The Morgan fingerprint density at radius 3 is 2.05 bits per heavy atom. The van der Waals surface area contributed by atoms with Gasteiger partial charge < -0.3 is 20.8 Å². The molecule has 0 aromatic heterocycles. The Morgan fingerprint density at radius 2 is 1.62 bits per heavy atom. The molecule has 0 fully saturated rings. The molecule has 1 aromatic rings. The number of hydrogen-bond donors (Lipinski definition) is 4. The Kier molecular flexibility index (Phi) is 6.62. The summed E-state index contributed by atoms with van der Waals surface area (Å²) in [4.78, 5) is 33.2. The first-order valence-corrected chi connectivity index (χ1v) is 7.75. The first-order valence-electron chi connectivity index (χ1n) is 5.37. The molecule has 0 aliphatic carbocycles. The van der Waals surface area contributed by atoms with Gasteiger partial charge in [0, 0.05) is 13.4 Å². The van der Waals surface area contributed by atoms with Crippen LogP contribution in [0.3, 0.4) is 0 Å². The zero-order valence-electron chi connectivity index (χ0n) is 10.2. The third-order valence-electron chi connectivity index (χ3n) is 2.23. The van der Waals surface area contributed by atoms with Gasteiger partial charge in [-0.1, -0.05) is 15.9 Å². The van der Waals surface area contributed by atoms with E-state index in [0.717, 1.165) is 4.47 Å². The molecule has 21 heavy (non-hydrogen) atoms.